The summed E-state index contributed by atoms with van der Waals surface area (Å²) in [4.78, 5) is 4.76. The van der Waals surface area contributed by atoms with Gasteiger partial charge in [0.1, 0.15) is 0 Å². The number of hydrogen-bond donors (Lipinski definition) is 0. The Morgan fingerprint density at radius 3 is 1.92 bits per heavy atom. The van der Waals surface area contributed by atoms with E-state index in [1.807, 2.05) is 0 Å². The Hall–Kier alpha value is 0.599. The van der Waals surface area contributed by atoms with E-state index in [0.29, 0.717) is 0 Å². The Kier molecular flexibility index (Phi) is 5.52. The molecule has 13 heavy (non-hydrogen) atoms. The molecule has 0 aromatic heterocycles. The molecule has 1 aliphatic heterocycles. The van der Waals surface area contributed by atoms with E-state index in [1.165, 1.54) is 31.1 Å². The minimum absolute atomic E-state index is 1.13. The molecule has 0 unspecified atom stereocenters. The fourth-order valence-corrected chi connectivity index (χ4v) is 2.85. The third-order valence-electron chi connectivity index (χ3n) is 2.15. The van der Waals surface area contributed by atoms with Crippen molar-refractivity contribution in [2.75, 3.05) is 26.2 Å². The minimum atomic E-state index is 1.13. The Balaban J connectivity index is 2.53. The van der Waals surface area contributed by atoms with Crippen LogP contribution in [-0.4, -0.2) is 40.6 Å². The van der Waals surface area contributed by atoms with Gasteiger partial charge in [0, 0.05) is 0 Å². The van der Waals surface area contributed by atoms with E-state index in [9.17, 15) is 0 Å². The molecule has 0 N–H and O–H groups in total. The van der Waals surface area contributed by atoms with Gasteiger partial charge in [0.15, 0.2) is 0 Å². The van der Waals surface area contributed by atoms with Gasteiger partial charge >= 0.3 is 91.0 Å². The van der Waals surface area contributed by atoms with Gasteiger partial charge in [-0.25, -0.2) is 0 Å². The molecular weight excluding hydrogens is 235 g/mol. The van der Waals surface area contributed by atoms with Crippen LogP contribution in [0.25, 0.3) is 0 Å². The van der Waals surface area contributed by atoms with Crippen molar-refractivity contribution in [3.05, 3.63) is 0 Å². The van der Waals surface area contributed by atoms with Crippen molar-refractivity contribution in [2.24, 2.45) is 0 Å². The Morgan fingerprint density at radius 2 is 1.62 bits per heavy atom. The summed E-state index contributed by atoms with van der Waals surface area (Å²) in [5.41, 5.74) is 0. The predicted octanol–water partition coefficient (Wildman–Crippen LogP) is 1.75. The molecule has 82 valence electrons. The van der Waals surface area contributed by atoms with Gasteiger partial charge in [-0.3, -0.25) is 0 Å². The van der Waals surface area contributed by atoms with Crippen molar-refractivity contribution in [3.8, 4) is 0 Å². The van der Waals surface area contributed by atoms with E-state index < -0.39 is 0 Å². The third kappa shape index (κ3) is 3.03. The van der Waals surface area contributed by atoms with Crippen LogP contribution in [-0.2, 0) is 13.6 Å². The molecule has 1 heterocycles. The van der Waals surface area contributed by atoms with Crippen molar-refractivity contribution in [3.63, 3.8) is 0 Å². The van der Waals surface area contributed by atoms with Crippen LogP contribution in [0.2, 0.25) is 0 Å². The van der Waals surface area contributed by atoms with E-state index in [1.54, 1.807) is 0 Å². The summed E-state index contributed by atoms with van der Waals surface area (Å²) in [5.74, 6) is 0. The van der Waals surface area contributed by atoms with Crippen molar-refractivity contribution < 1.29 is 13.6 Å². The van der Waals surface area contributed by atoms with Gasteiger partial charge < -0.3 is 0 Å². The number of halogens is 1. The first kappa shape index (κ1) is 11.7. The standard InChI is InChI=1S/C9H18N2.ClH.Cu/c1-3-5-10-7-8-11(9-10)6-4-2;;/h3-8H2,1-2H3;1H;/q;;+1/p-1. The predicted molar refractivity (Wildman–Crippen MR) is 54.6 cm³/mol. The topological polar surface area (TPSA) is 6.48 Å². The van der Waals surface area contributed by atoms with Gasteiger partial charge in [-0.05, 0) is 0 Å². The zero-order chi connectivity index (χ0) is 9.68. The van der Waals surface area contributed by atoms with Gasteiger partial charge in [0.2, 0.25) is 0 Å². The quantitative estimate of drug-likeness (QED) is 0.704. The maximum absolute atomic E-state index is 5.85. The molecule has 0 spiro atoms. The fourth-order valence-electron chi connectivity index (χ4n) is 1.61. The van der Waals surface area contributed by atoms with E-state index in [4.69, 9.17) is 10.1 Å². The normalized spacial score (nSPS) is 20.4. The first-order valence-electron chi connectivity index (χ1n) is 4.89. The first-order chi connectivity index (χ1) is 6.33. The molecule has 1 rings (SSSR count). The first-order valence-corrected chi connectivity index (χ1v) is 6.66. The Morgan fingerprint density at radius 1 is 1.15 bits per heavy atom. The second kappa shape index (κ2) is 6.15. The zero-order valence-electron chi connectivity index (χ0n) is 8.32. The average molecular weight is 253 g/mol. The van der Waals surface area contributed by atoms with Crippen LogP contribution in [0, 0.1) is 0 Å². The summed E-state index contributed by atoms with van der Waals surface area (Å²) in [6.45, 7) is 8.95. The van der Waals surface area contributed by atoms with Crippen LogP contribution in [0.15, 0.2) is 0 Å². The fraction of sp³-hybridized carbons (Fsp3) is 0.889. The summed E-state index contributed by atoms with van der Waals surface area (Å²) < 4.78 is 1.24. The molecule has 0 amide bonds. The van der Waals surface area contributed by atoms with Gasteiger partial charge in [-0.15, -0.1) is 0 Å². The molecule has 0 atom stereocenters. The molecule has 2 nitrogen and oxygen atoms in total. The molecule has 0 saturated carbocycles. The number of hydrogen-bond acceptors (Lipinski definition) is 2. The Bertz CT molecular complexity index is 168. The molecule has 4 heteroatoms. The maximum atomic E-state index is 5.85. The van der Waals surface area contributed by atoms with Crippen LogP contribution in [0.1, 0.15) is 26.7 Å². The van der Waals surface area contributed by atoms with Crippen molar-refractivity contribution in [2.45, 2.75) is 26.7 Å². The van der Waals surface area contributed by atoms with Gasteiger partial charge in [-0.1, -0.05) is 0 Å². The van der Waals surface area contributed by atoms with Crippen LogP contribution in [0.5, 0.6) is 0 Å². The summed E-state index contributed by atoms with van der Waals surface area (Å²) in [6.07, 6.45) is 2.39. The number of rotatable bonds is 4. The molecular formula is C9H18ClCuN2. The average Bonchev–Trinajstić information content (AvgIpc) is 2.49. The van der Waals surface area contributed by atoms with Crippen molar-refractivity contribution >= 4 is 14.8 Å². The van der Waals surface area contributed by atoms with E-state index in [0.717, 1.165) is 26.2 Å². The molecule has 1 aliphatic rings. The molecule has 0 aromatic carbocycles. The Labute approximate surface area is 91.1 Å². The molecule has 0 radical (unpaired) electrons. The zero-order valence-corrected chi connectivity index (χ0v) is 10.0. The van der Waals surface area contributed by atoms with E-state index >= 15 is 0 Å². The van der Waals surface area contributed by atoms with Crippen LogP contribution < -0.4 is 0 Å². The van der Waals surface area contributed by atoms with Crippen molar-refractivity contribution in [1.82, 2.24) is 9.80 Å². The summed E-state index contributed by atoms with van der Waals surface area (Å²) >= 11 is 1.46. The second-order valence-electron chi connectivity index (χ2n) is 3.27. The van der Waals surface area contributed by atoms with E-state index in [2.05, 4.69) is 23.6 Å². The van der Waals surface area contributed by atoms with Crippen LogP contribution >= 0.6 is 10.1 Å². The summed E-state index contributed by atoms with van der Waals surface area (Å²) in [6, 6.07) is 0. The molecule has 1 saturated heterocycles. The van der Waals surface area contributed by atoms with E-state index in [-0.39, 0.29) is 0 Å². The van der Waals surface area contributed by atoms with Crippen LogP contribution in [0.3, 0.4) is 0 Å². The van der Waals surface area contributed by atoms with Gasteiger partial charge in [-0.2, -0.15) is 0 Å². The summed E-state index contributed by atoms with van der Waals surface area (Å²) in [5, 5.41) is 0. The molecule has 1 fully saturated rings. The number of nitrogens with zero attached hydrogens (tertiary/aromatic N) is 2. The monoisotopic (exact) mass is 252 g/mol. The molecule has 0 aliphatic carbocycles. The molecule has 0 aromatic rings. The van der Waals surface area contributed by atoms with Crippen LogP contribution in [0.4, 0.5) is 0 Å². The SMILES string of the molecule is CCCN1CCN(CCC)[C]1=[Cu][Cl]. The van der Waals surface area contributed by atoms with Gasteiger partial charge in [0.25, 0.3) is 0 Å². The third-order valence-corrected chi connectivity index (χ3v) is 3.33. The second-order valence-corrected chi connectivity index (χ2v) is 4.33. The summed E-state index contributed by atoms with van der Waals surface area (Å²) in [7, 11) is 5.85. The van der Waals surface area contributed by atoms with Gasteiger partial charge in [0.05, 0.1) is 0 Å². The van der Waals surface area contributed by atoms with Crippen molar-refractivity contribution in [1.29, 1.82) is 0 Å². The molecule has 0 bridgehead atoms.